The Hall–Kier alpha value is -0.930. The first-order valence-corrected chi connectivity index (χ1v) is 5.60. The predicted molar refractivity (Wildman–Crippen MR) is 65.5 cm³/mol. The van der Waals surface area contributed by atoms with Crippen molar-refractivity contribution < 1.29 is 4.39 Å². The minimum absolute atomic E-state index is 0.0704. The summed E-state index contributed by atoms with van der Waals surface area (Å²) in [6, 6.07) is 4.93. The van der Waals surface area contributed by atoms with Gasteiger partial charge in [0.2, 0.25) is 0 Å². The van der Waals surface area contributed by atoms with Crippen molar-refractivity contribution in [2.75, 3.05) is 6.54 Å². The second-order valence-electron chi connectivity index (χ2n) is 5.01. The lowest BCUT2D eigenvalue weighted by atomic mass is 9.78. The van der Waals surface area contributed by atoms with Gasteiger partial charge in [-0.3, -0.25) is 0 Å². The smallest absolute Gasteiger partial charge is 0.126 e. The summed E-state index contributed by atoms with van der Waals surface area (Å²) in [7, 11) is 0. The molecule has 0 bridgehead atoms. The van der Waals surface area contributed by atoms with E-state index < -0.39 is 0 Å². The fraction of sp³-hybridized carbons (Fsp3) is 0.538. The van der Waals surface area contributed by atoms with E-state index in [1.54, 1.807) is 13.0 Å². The van der Waals surface area contributed by atoms with E-state index in [1.165, 1.54) is 6.07 Å². The largest absolute Gasteiger partial charge is 0.330 e. The lowest BCUT2D eigenvalue weighted by Gasteiger charge is -2.31. The quantitative estimate of drug-likeness (QED) is 0.825. The molecule has 1 rings (SSSR count). The summed E-state index contributed by atoms with van der Waals surface area (Å²) in [6.45, 7) is 6.54. The van der Waals surface area contributed by atoms with Crippen LogP contribution in [0, 0.1) is 18.2 Å². The molecule has 0 spiro atoms. The molecule has 4 N–H and O–H groups in total. The van der Waals surface area contributed by atoms with E-state index in [4.69, 9.17) is 11.5 Å². The number of hydrogen-bond donors (Lipinski definition) is 2. The third-order valence-corrected chi connectivity index (χ3v) is 3.17. The van der Waals surface area contributed by atoms with Crippen molar-refractivity contribution in [1.29, 1.82) is 0 Å². The van der Waals surface area contributed by atoms with Crippen molar-refractivity contribution in [2.45, 2.75) is 33.2 Å². The maximum absolute atomic E-state index is 13.1. The van der Waals surface area contributed by atoms with Crippen LogP contribution in [0.5, 0.6) is 0 Å². The van der Waals surface area contributed by atoms with Gasteiger partial charge in [-0.25, -0.2) is 4.39 Å². The molecule has 0 aliphatic heterocycles. The van der Waals surface area contributed by atoms with Gasteiger partial charge >= 0.3 is 0 Å². The van der Waals surface area contributed by atoms with Gasteiger partial charge in [0.05, 0.1) is 0 Å². The average molecular weight is 224 g/mol. The van der Waals surface area contributed by atoms with Crippen molar-refractivity contribution in [3.8, 4) is 0 Å². The second kappa shape index (κ2) is 4.93. The number of nitrogens with two attached hydrogens (primary N) is 2. The Kier molecular flexibility index (Phi) is 4.05. The van der Waals surface area contributed by atoms with Gasteiger partial charge < -0.3 is 11.5 Å². The molecule has 0 aliphatic carbocycles. The lowest BCUT2D eigenvalue weighted by molar-refractivity contribution is 0.271. The molecule has 0 aromatic heterocycles. The molecule has 90 valence electrons. The fourth-order valence-electron chi connectivity index (χ4n) is 1.84. The van der Waals surface area contributed by atoms with Crippen molar-refractivity contribution in [3.63, 3.8) is 0 Å². The van der Waals surface area contributed by atoms with Gasteiger partial charge in [-0.05, 0) is 42.5 Å². The Balaban J connectivity index is 2.95. The summed E-state index contributed by atoms with van der Waals surface area (Å²) in [5.74, 6) is -0.187. The summed E-state index contributed by atoms with van der Waals surface area (Å²) in [4.78, 5) is 0. The molecule has 0 aliphatic rings. The third-order valence-electron chi connectivity index (χ3n) is 3.17. The first-order valence-electron chi connectivity index (χ1n) is 5.60. The van der Waals surface area contributed by atoms with Crippen molar-refractivity contribution in [2.24, 2.45) is 16.9 Å². The van der Waals surface area contributed by atoms with Crippen LogP contribution in [0.4, 0.5) is 4.39 Å². The highest BCUT2D eigenvalue weighted by atomic mass is 19.1. The van der Waals surface area contributed by atoms with E-state index in [2.05, 4.69) is 13.8 Å². The maximum atomic E-state index is 13.1. The molecule has 0 heterocycles. The van der Waals surface area contributed by atoms with Gasteiger partial charge in [0, 0.05) is 6.04 Å². The molecule has 3 heteroatoms. The molecule has 1 aromatic rings. The van der Waals surface area contributed by atoms with Crippen LogP contribution in [0.2, 0.25) is 0 Å². The Morgan fingerprint density at radius 2 is 2.00 bits per heavy atom. The van der Waals surface area contributed by atoms with Gasteiger partial charge in [0.1, 0.15) is 5.82 Å². The van der Waals surface area contributed by atoms with Crippen molar-refractivity contribution in [3.05, 3.63) is 35.1 Å². The Morgan fingerprint density at radius 3 is 2.50 bits per heavy atom. The molecular formula is C13H21FN2. The van der Waals surface area contributed by atoms with Gasteiger partial charge in [-0.1, -0.05) is 26.0 Å². The SMILES string of the molecule is Cc1cc(C(N)C(C)(C)CCN)ccc1F. The van der Waals surface area contributed by atoms with Crippen LogP contribution in [0.1, 0.15) is 37.4 Å². The average Bonchev–Trinajstić information content (AvgIpc) is 2.21. The molecule has 16 heavy (non-hydrogen) atoms. The van der Waals surface area contributed by atoms with Crippen LogP contribution < -0.4 is 11.5 Å². The van der Waals surface area contributed by atoms with E-state index in [-0.39, 0.29) is 17.3 Å². The summed E-state index contributed by atoms with van der Waals surface area (Å²) >= 11 is 0. The molecule has 0 saturated heterocycles. The molecule has 0 fully saturated rings. The van der Waals surface area contributed by atoms with E-state index >= 15 is 0 Å². The highest BCUT2D eigenvalue weighted by Crippen LogP contribution is 2.34. The molecule has 1 aromatic carbocycles. The molecule has 1 unspecified atom stereocenters. The van der Waals surface area contributed by atoms with Crippen LogP contribution in [0.15, 0.2) is 18.2 Å². The van der Waals surface area contributed by atoms with Crippen LogP contribution in [-0.2, 0) is 0 Å². The lowest BCUT2D eigenvalue weighted by Crippen LogP contribution is -2.31. The number of aryl methyl sites for hydroxylation is 1. The summed E-state index contributed by atoms with van der Waals surface area (Å²) < 4.78 is 13.1. The second-order valence-corrected chi connectivity index (χ2v) is 5.01. The molecule has 0 saturated carbocycles. The van der Waals surface area contributed by atoms with Gasteiger partial charge in [-0.2, -0.15) is 0 Å². The van der Waals surface area contributed by atoms with Crippen LogP contribution in [0.25, 0.3) is 0 Å². The fourth-order valence-corrected chi connectivity index (χ4v) is 1.84. The monoisotopic (exact) mass is 224 g/mol. The summed E-state index contributed by atoms with van der Waals surface area (Å²) in [6.07, 6.45) is 0.852. The molecule has 0 amide bonds. The zero-order chi connectivity index (χ0) is 12.3. The first-order chi connectivity index (χ1) is 7.38. The normalized spacial score (nSPS) is 13.9. The number of rotatable bonds is 4. The van der Waals surface area contributed by atoms with Crippen molar-refractivity contribution >= 4 is 0 Å². The summed E-state index contributed by atoms with van der Waals surface area (Å²) in [5.41, 5.74) is 13.3. The number of halogens is 1. The Labute approximate surface area is 96.8 Å². The first kappa shape index (κ1) is 13.1. The van der Waals surface area contributed by atoms with Crippen LogP contribution in [0.3, 0.4) is 0 Å². The highest BCUT2D eigenvalue weighted by molar-refractivity contribution is 5.27. The van der Waals surface area contributed by atoms with Gasteiger partial charge in [-0.15, -0.1) is 0 Å². The zero-order valence-corrected chi connectivity index (χ0v) is 10.3. The summed E-state index contributed by atoms with van der Waals surface area (Å²) in [5, 5.41) is 0. The van der Waals surface area contributed by atoms with E-state index in [1.807, 2.05) is 6.07 Å². The van der Waals surface area contributed by atoms with Gasteiger partial charge in [0.25, 0.3) is 0 Å². The predicted octanol–water partition coefficient (Wildman–Crippen LogP) is 2.51. The minimum Gasteiger partial charge on any atom is -0.330 e. The molecule has 2 nitrogen and oxygen atoms in total. The topological polar surface area (TPSA) is 52.0 Å². The van der Waals surface area contributed by atoms with E-state index in [0.717, 1.165) is 12.0 Å². The molecular weight excluding hydrogens is 203 g/mol. The third kappa shape index (κ3) is 2.80. The Morgan fingerprint density at radius 1 is 1.38 bits per heavy atom. The Bertz CT molecular complexity index is 361. The van der Waals surface area contributed by atoms with Crippen LogP contribution in [-0.4, -0.2) is 6.54 Å². The van der Waals surface area contributed by atoms with E-state index in [0.29, 0.717) is 12.1 Å². The number of benzene rings is 1. The number of hydrogen-bond acceptors (Lipinski definition) is 2. The molecule has 1 atom stereocenters. The highest BCUT2D eigenvalue weighted by Gasteiger charge is 2.27. The minimum atomic E-state index is -0.187. The molecule has 0 radical (unpaired) electrons. The zero-order valence-electron chi connectivity index (χ0n) is 10.3. The van der Waals surface area contributed by atoms with Crippen LogP contribution >= 0.6 is 0 Å². The maximum Gasteiger partial charge on any atom is 0.126 e. The van der Waals surface area contributed by atoms with Gasteiger partial charge in [0.15, 0.2) is 0 Å². The van der Waals surface area contributed by atoms with Crippen molar-refractivity contribution in [1.82, 2.24) is 0 Å². The van der Waals surface area contributed by atoms with E-state index in [9.17, 15) is 4.39 Å². The standard InChI is InChI=1S/C13H21FN2/c1-9-8-10(4-5-11(9)14)12(16)13(2,3)6-7-15/h4-5,8,12H,6-7,15-16H2,1-3H3.